The molecule has 17 heavy (non-hydrogen) atoms. The van der Waals surface area contributed by atoms with Gasteiger partial charge in [0.25, 0.3) is 0 Å². The molecule has 1 atom stereocenters. The van der Waals surface area contributed by atoms with E-state index < -0.39 is 0 Å². The number of nitrogens with one attached hydrogen (secondary N) is 2. The second kappa shape index (κ2) is 7.72. The van der Waals surface area contributed by atoms with Crippen LogP contribution in [0.3, 0.4) is 0 Å². The summed E-state index contributed by atoms with van der Waals surface area (Å²) in [6.45, 7) is 2.85. The van der Waals surface area contributed by atoms with Crippen molar-refractivity contribution in [2.75, 3.05) is 19.6 Å². The largest absolute Gasteiger partial charge is 0.356 e. The molecular weight excluding hydrogens is 236 g/mol. The molecule has 0 bridgehead atoms. The summed E-state index contributed by atoms with van der Waals surface area (Å²) in [5.74, 6) is 1.19. The highest BCUT2D eigenvalue weighted by molar-refractivity contribution is 5.85. The Hall–Kier alpha value is -0.540. The Labute approximate surface area is 110 Å². The smallest absolute Gasteiger partial charge is 0.223 e. The van der Waals surface area contributed by atoms with E-state index in [0.717, 1.165) is 38.9 Å². The van der Waals surface area contributed by atoms with Gasteiger partial charge >= 0.3 is 0 Å². The first-order valence-corrected chi connectivity index (χ1v) is 6.49. The number of hydrogen-bond acceptors (Lipinski definition) is 2. The first-order valence-electron chi connectivity index (χ1n) is 6.49. The summed E-state index contributed by atoms with van der Waals surface area (Å²) in [6.07, 6.45) is 10.0. The predicted octanol–water partition coefficient (Wildman–Crippen LogP) is 1.88. The van der Waals surface area contributed by atoms with E-state index >= 15 is 0 Å². The molecule has 1 amide bonds. The van der Waals surface area contributed by atoms with Crippen molar-refractivity contribution >= 4 is 18.3 Å². The fourth-order valence-electron chi connectivity index (χ4n) is 2.52. The van der Waals surface area contributed by atoms with Crippen LogP contribution in [0.15, 0.2) is 12.2 Å². The van der Waals surface area contributed by atoms with Crippen LogP contribution >= 0.6 is 12.4 Å². The van der Waals surface area contributed by atoms with Gasteiger partial charge in [-0.2, -0.15) is 0 Å². The minimum atomic E-state index is 0. The highest BCUT2D eigenvalue weighted by Gasteiger charge is 2.21. The van der Waals surface area contributed by atoms with Crippen LogP contribution in [-0.2, 0) is 4.79 Å². The van der Waals surface area contributed by atoms with Crippen LogP contribution in [0, 0.1) is 11.8 Å². The zero-order valence-corrected chi connectivity index (χ0v) is 11.1. The number of rotatable bonds is 3. The zero-order chi connectivity index (χ0) is 11.2. The lowest BCUT2D eigenvalue weighted by molar-refractivity contribution is -0.125. The maximum Gasteiger partial charge on any atom is 0.223 e. The number of hydrogen-bond donors (Lipinski definition) is 2. The standard InChI is InChI=1S/C13H22N2O.ClH/c16-13(12-6-8-14-9-7-12)15-10-11-4-2-1-3-5-11;/h1-2,11-12,14H,3-10H2,(H,15,16);1H. The number of carbonyl (C=O) groups excluding carboxylic acids is 1. The van der Waals surface area contributed by atoms with Crippen molar-refractivity contribution in [3.05, 3.63) is 12.2 Å². The predicted molar refractivity (Wildman–Crippen MR) is 72.3 cm³/mol. The number of halogens is 1. The van der Waals surface area contributed by atoms with Gasteiger partial charge in [0.15, 0.2) is 0 Å². The summed E-state index contributed by atoms with van der Waals surface area (Å²) >= 11 is 0. The Balaban J connectivity index is 0.00000144. The van der Waals surface area contributed by atoms with Gasteiger partial charge in [-0.3, -0.25) is 4.79 Å². The molecule has 0 aromatic carbocycles. The minimum absolute atomic E-state index is 0. The topological polar surface area (TPSA) is 41.1 Å². The second-order valence-corrected chi connectivity index (χ2v) is 4.92. The highest BCUT2D eigenvalue weighted by Crippen LogP contribution is 2.17. The van der Waals surface area contributed by atoms with Gasteiger partial charge in [-0.1, -0.05) is 12.2 Å². The zero-order valence-electron chi connectivity index (χ0n) is 10.3. The van der Waals surface area contributed by atoms with E-state index in [-0.39, 0.29) is 24.2 Å². The second-order valence-electron chi connectivity index (χ2n) is 4.92. The van der Waals surface area contributed by atoms with Crippen LogP contribution in [0.1, 0.15) is 32.1 Å². The molecule has 2 aliphatic rings. The molecule has 2 rings (SSSR count). The lowest BCUT2D eigenvalue weighted by atomic mass is 9.93. The molecule has 1 aliphatic heterocycles. The Kier molecular flexibility index (Phi) is 6.60. The van der Waals surface area contributed by atoms with E-state index in [2.05, 4.69) is 22.8 Å². The molecule has 1 heterocycles. The number of carbonyl (C=O) groups is 1. The SMILES string of the molecule is Cl.O=C(NCC1CC=CCC1)C1CCNCC1. The van der Waals surface area contributed by atoms with E-state index in [9.17, 15) is 4.79 Å². The normalized spacial score (nSPS) is 25.1. The Bertz CT molecular complexity index is 262. The van der Waals surface area contributed by atoms with Crippen molar-refractivity contribution in [3.63, 3.8) is 0 Å². The van der Waals surface area contributed by atoms with E-state index in [1.165, 1.54) is 12.8 Å². The fourth-order valence-corrected chi connectivity index (χ4v) is 2.52. The van der Waals surface area contributed by atoms with E-state index in [0.29, 0.717) is 5.92 Å². The van der Waals surface area contributed by atoms with Gasteiger partial charge in [-0.05, 0) is 51.1 Å². The van der Waals surface area contributed by atoms with Crippen molar-refractivity contribution in [2.24, 2.45) is 11.8 Å². The summed E-state index contributed by atoms with van der Waals surface area (Å²) < 4.78 is 0. The first-order chi connectivity index (χ1) is 7.86. The monoisotopic (exact) mass is 258 g/mol. The van der Waals surface area contributed by atoms with Crippen molar-refractivity contribution in [1.29, 1.82) is 0 Å². The highest BCUT2D eigenvalue weighted by atomic mass is 35.5. The molecule has 4 heteroatoms. The van der Waals surface area contributed by atoms with Crippen molar-refractivity contribution in [1.82, 2.24) is 10.6 Å². The molecule has 3 nitrogen and oxygen atoms in total. The molecule has 1 unspecified atom stereocenters. The summed E-state index contributed by atoms with van der Waals surface area (Å²) in [5.41, 5.74) is 0. The number of allylic oxidation sites excluding steroid dienone is 2. The fraction of sp³-hybridized carbons (Fsp3) is 0.769. The third-order valence-corrected chi connectivity index (χ3v) is 3.65. The molecule has 0 spiro atoms. The van der Waals surface area contributed by atoms with Gasteiger partial charge < -0.3 is 10.6 Å². The molecule has 0 saturated carbocycles. The molecule has 1 fully saturated rings. The Morgan fingerprint density at radius 1 is 1.24 bits per heavy atom. The van der Waals surface area contributed by atoms with Crippen LogP contribution in [0.4, 0.5) is 0 Å². The van der Waals surface area contributed by atoms with Gasteiger partial charge in [0.1, 0.15) is 0 Å². The molecule has 1 aliphatic carbocycles. The maximum atomic E-state index is 11.9. The third kappa shape index (κ3) is 4.68. The molecule has 1 saturated heterocycles. The van der Waals surface area contributed by atoms with Crippen molar-refractivity contribution in [3.8, 4) is 0 Å². The van der Waals surface area contributed by atoms with Crippen LogP contribution in [0.2, 0.25) is 0 Å². The van der Waals surface area contributed by atoms with Gasteiger partial charge in [0.2, 0.25) is 5.91 Å². The average Bonchev–Trinajstić information content (AvgIpc) is 2.38. The summed E-state index contributed by atoms with van der Waals surface area (Å²) in [4.78, 5) is 11.9. The third-order valence-electron chi connectivity index (χ3n) is 3.65. The summed E-state index contributed by atoms with van der Waals surface area (Å²) in [6, 6.07) is 0. The van der Waals surface area contributed by atoms with E-state index in [1.54, 1.807) is 0 Å². The lowest BCUT2D eigenvalue weighted by Crippen LogP contribution is -2.39. The maximum absolute atomic E-state index is 11.9. The molecule has 98 valence electrons. The molecule has 0 radical (unpaired) electrons. The molecular formula is C13H23ClN2O. The van der Waals surface area contributed by atoms with Crippen LogP contribution < -0.4 is 10.6 Å². The molecule has 2 N–H and O–H groups in total. The van der Waals surface area contributed by atoms with Crippen molar-refractivity contribution < 1.29 is 4.79 Å². The van der Waals surface area contributed by atoms with Gasteiger partial charge in [-0.25, -0.2) is 0 Å². The van der Waals surface area contributed by atoms with Gasteiger partial charge in [0.05, 0.1) is 0 Å². The Morgan fingerprint density at radius 2 is 2.00 bits per heavy atom. The lowest BCUT2D eigenvalue weighted by Gasteiger charge is -2.24. The number of amides is 1. The van der Waals surface area contributed by atoms with Gasteiger partial charge in [-0.15, -0.1) is 12.4 Å². The molecule has 0 aromatic heterocycles. The summed E-state index contributed by atoms with van der Waals surface area (Å²) in [7, 11) is 0. The first kappa shape index (κ1) is 14.5. The van der Waals surface area contributed by atoms with Crippen LogP contribution in [0.25, 0.3) is 0 Å². The number of piperidine rings is 1. The van der Waals surface area contributed by atoms with Crippen LogP contribution in [-0.4, -0.2) is 25.5 Å². The van der Waals surface area contributed by atoms with E-state index in [1.807, 2.05) is 0 Å². The van der Waals surface area contributed by atoms with Crippen LogP contribution in [0.5, 0.6) is 0 Å². The van der Waals surface area contributed by atoms with Crippen molar-refractivity contribution in [2.45, 2.75) is 32.1 Å². The molecule has 0 aromatic rings. The van der Waals surface area contributed by atoms with Gasteiger partial charge in [0, 0.05) is 12.5 Å². The Morgan fingerprint density at radius 3 is 2.65 bits per heavy atom. The van der Waals surface area contributed by atoms with E-state index in [4.69, 9.17) is 0 Å². The quantitative estimate of drug-likeness (QED) is 0.759. The minimum Gasteiger partial charge on any atom is -0.356 e. The average molecular weight is 259 g/mol. The summed E-state index contributed by atoms with van der Waals surface area (Å²) in [5, 5.41) is 6.41.